The fourth-order valence-corrected chi connectivity index (χ4v) is 1.45. The van der Waals surface area contributed by atoms with Gasteiger partial charge in [-0.25, -0.2) is 0 Å². The molecule has 3 nitrogen and oxygen atoms in total. The van der Waals surface area contributed by atoms with Crippen LogP contribution in [0.25, 0.3) is 0 Å². The highest BCUT2D eigenvalue weighted by molar-refractivity contribution is 7.41. The highest BCUT2D eigenvalue weighted by atomic mass is 31.2. The molecule has 0 amide bonds. The van der Waals surface area contributed by atoms with Gasteiger partial charge < -0.3 is 13.6 Å². The molecule has 0 unspecified atom stereocenters. The molecule has 0 rings (SSSR count). The normalized spacial score (nSPS) is 11.5. The first-order valence-electron chi connectivity index (χ1n) is 4.22. The summed E-state index contributed by atoms with van der Waals surface area (Å²) in [7, 11) is 2.10. The smallest absolute Gasteiger partial charge is 0.316 e. The van der Waals surface area contributed by atoms with Gasteiger partial charge in [-0.15, -0.1) is 0 Å². The number of hydrogen-bond donors (Lipinski definition) is 0. The van der Waals surface area contributed by atoms with E-state index in [1.165, 1.54) is 6.42 Å². The predicted molar refractivity (Wildman–Crippen MR) is 51.0 cm³/mol. The van der Waals surface area contributed by atoms with Crippen LogP contribution in [0.15, 0.2) is 0 Å². The van der Waals surface area contributed by atoms with Crippen molar-refractivity contribution in [3.05, 3.63) is 0 Å². The van der Waals surface area contributed by atoms with Crippen LogP contribution >= 0.6 is 8.60 Å². The lowest BCUT2D eigenvalue weighted by molar-refractivity contribution is 0.200. The van der Waals surface area contributed by atoms with Gasteiger partial charge in [0, 0.05) is 14.2 Å². The monoisotopic (exact) mass is 194 g/mol. The van der Waals surface area contributed by atoms with Crippen molar-refractivity contribution in [1.29, 1.82) is 0 Å². The minimum Gasteiger partial charge on any atom is -0.316 e. The Labute approximate surface area is 76.4 Å². The maximum Gasteiger partial charge on any atom is 0.332 e. The van der Waals surface area contributed by atoms with E-state index in [9.17, 15) is 0 Å². The zero-order valence-electron chi connectivity index (χ0n) is 8.37. The van der Waals surface area contributed by atoms with E-state index >= 15 is 0 Å². The largest absolute Gasteiger partial charge is 0.332 e. The van der Waals surface area contributed by atoms with Crippen molar-refractivity contribution in [2.45, 2.75) is 26.7 Å². The van der Waals surface area contributed by atoms with Crippen LogP contribution in [0, 0.1) is 5.92 Å². The van der Waals surface area contributed by atoms with E-state index in [0.29, 0.717) is 0 Å². The molecule has 0 heterocycles. The third kappa shape index (κ3) is 6.99. The molecule has 0 N–H and O–H groups in total. The van der Waals surface area contributed by atoms with E-state index in [-0.39, 0.29) is 0 Å². The zero-order chi connectivity index (χ0) is 9.40. The van der Waals surface area contributed by atoms with E-state index in [1.54, 1.807) is 14.2 Å². The Kier molecular flexibility index (Phi) is 8.14. The van der Waals surface area contributed by atoms with Gasteiger partial charge in [0.15, 0.2) is 0 Å². The second kappa shape index (κ2) is 7.93. The second-order valence-corrected chi connectivity index (χ2v) is 4.39. The minimum absolute atomic E-state index is 0.728. The lowest BCUT2D eigenvalue weighted by atomic mass is 10.1. The van der Waals surface area contributed by atoms with E-state index in [1.807, 2.05) is 0 Å². The highest BCUT2D eigenvalue weighted by Gasteiger charge is 2.06. The van der Waals surface area contributed by atoms with Crippen molar-refractivity contribution in [3.8, 4) is 0 Å². The molecule has 0 aromatic rings. The molecule has 0 aliphatic rings. The molecule has 4 heteroatoms. The van der Waals surface area contributed by atoms with Crippen LogP contribution in [0.4, 0.5) is 0 Å². The molecule has 74 valence electrons. The first-order chi connectivity index (χ1) is 5.70. The van der Waals surface area contributed by atoms with Gasteiger partial charge in [0.05, 0.1) is 6.61 Å². The summed E-state index contributed by atoms with van der Waals surface area (Å²) < 4.78 is 15.2. The maximum absolute atomic E-state index is 5.31. The molecule has 0 aromatic carbocycles. The predicted octanol–water partition coefficient (Wildman–Crippen LogP) is 2.96. The molecule has 0 fully saturated rings. The van der Waals surface area contributed by atoms with Gasteiger partial charge in [-0.1, -0.05) is 13.8 Å². The second-order valence-electron chi connectivity index (χ2n) is 2.96. The minimum atomic E-state index is -1.09. The number of rotatable bonds is 7. The van der Waals surface area contributed by atoms with Crippen molar-refractivity contribution in [2.24, 2.45) is 5.92 Å². The lowest BCUT2D eigenvalue weighted by Gasteiger charge is -2.11. The molecule has 0 radical (unpaired) electrons. The molecule has 0 saturated carbocycles. The average Bonchev–Trinajstić information content (AvgIpc) is 2.04. The SMILES string of the molecule is COP(OC)OCCCC(C)C. The maximum atomic E-state index is 5.31. The van der Waals surface area contributed by atoms with Crippen molar-refractivity contribution in [2.75, 3.05) is 20.8 Å². The van der Waals surface area contributed by atoms with Gasteiger partial charge in [-0.2, -0.15) is 0 Å². The Hall–Kier alpha value is 0.310. The van der Waals surface area contributed by atoms with E-state index < -0.39 is 8.60 Å². The third-order valence-corrected chi connectivity index (χ3v) is 2.41. The Morgan fingerprint density at radius 3 is 2.17 bits per heavy atom. The van der Waals surface area contributed by atoms with E-state index in [0.717, 1.165) is 18.9 Å². The highest BCUT2D eigenvalue weighted by Crippen LogP contribution is 2.37. The van der Waals surface area contributed by atoms with Gasteiger partial charge in [0.1, 0.15) is 0 Å². The Morgan fingerprint density at radius 2 is 1.75 bits per heavy atom. The summed E-state index contributed by atoms with van der Waals surface area (Å²) in [5.74, 6) is 0.741. The zero-order valence-corrected chi connectivity index (χ0v) is 9.27. The molecule has 0 spiro atoms. The summed E-state index contributed by atoms with van der Waals surface area (Å²) in [6, 6.07) is 0. The van der Waals surface area contributed by atoms with Crippen molar-refractivity contribution >= 4 is 8.60 Å². The summed E-state index contributed by atoms with van der Waals surface area (Å²) in [6.45, 7) is 5.14. The van der Waals surface area contributed by atoms with Crippen molar-refractivity contribution in [1.82, 2.24) is 0 Å². The molecule has 0 aliphatic heterocycles. The van der Waals surface area contributed by atoms with Crippen LogP contribution in [0.3, 0.4) is 0 Å². The summed E-state index contributed by atoms with van der Waals surface area (Å²) >= 11 is 0. The molecule has 0 saturated heterocycles. The van der Waals surface area contributed by atoms with Crippen LogP contribution in [0.1, 0.15) is 26.7 Å². The first kappa shape index (κ1) is 12.3. The fraction of sp³-hybridized carbons (Fsp3) is 1.00. The quantitative estimate of drug-likeness (QED) is 0.460. The fourth-order valence-electron chi connectivity index (χ4n) is 0.811. The van der Waals surface area contributed by atoms with Gasteiger partial charge in [0.25, 0.3) is 0 Å². The van der Waals surface area contributed by atoms with Crippen LogP contribution in [0.5, 0.6) is 0 Å². The molecule has 0 atom stereocenters. The summed E-state index contributed by atoms with van der Waals surface area (Å²) in [5, 5.41) is 0. The molecule has 0 bridgehead atoms. The van der Waals surface area contributed by atoms with Crippen LogP contribution in [-0.2, 0) is 13.6 Å². The van der Waals surface area contributed by atoms with Gasteiger partial charge in [-0.05, 0) is 18.8 Å². The summed E-state index contributed by atoms with van der Waals surface area (Å²) in [5.41, 5.74) is 0. The molecule has 0 aliphatic carbocycles. The Balaban J connectivity index is 3.17. The van der Waals surface area contributed by atoms with Crippen molar-refractivity contribution < 1.29 is 13.6 Å². The molecular formula is C8H19O3P. The average molecular weight is 194 g/mol. The van der Waals surface area contributed by atoms with Crippen LogP contribution in [-0.4, -0.2) is 20.8 Å². The topological polar surface area (TPSA) is 27.7 Å². The van der Waals surface area contributed by atoms with Gasteiger partial charge in [0.2, 0.25) is 0 Å². The lowest BCUT2D eigenvalue weighted by Crippen LogP contribution is -1.95. The van der Waals surface area contributed by atoms with Gasteiger partial charge >= 0.3 is 8.60 Å². The van der Waals surface area contributed by atoms with Crippen molar-refractivity contribution in [3.63, 3.8) is 0 Å². The molecular weight excluding hydrogens is 175 g/mol. The standard InChI is InChI=1S/C8H19O3P/c1-8(2)6-5-7-11-12(9-3)10-4/h8H,5-7H2,1-4H3. The summed E-state index contributed by atoms with van der Waals surface area (Å²) in [6.07, 6.45) is 2.26. The van der Waals surface area contributed by atoms with E-state index in [2.05, 4.69) is 13.8 Å². The van der Waals surface area contributed by atoms with Crippen LogP contribution < -0.4 is 0 Å². The Bertz CT molecular complexity index is 94.3. The third-order valence-electron chi connectivity index (χ3n) is 1.42. The van der Waals surface area contributed by atoms with Crippen LogP contribution in [0.2, 0.25) is 0 Å². The number of hydrogen-bond acceptors (Lipinski definition) is 3. The first-order valence-corrected chi connectivity index (χ1v) is 5.31. The Morgan fingerprint density at radius 1 is 1.17 bits per heavy atom. The molecule has 0 aromatic heterocycles. The van der Waals surface area contributed by atoms with Gasteiger partial charge in [-0.3, -0.25) is 0 Å². The summed E-state index contributed by atoms with van der Waals surface area (Å²) in [4.78, 5) is 0. The van der Waals surface area contributed by atoms with E-state index in [4.69, 9.17) is 13.6 Å². The molecule has 12 heavy (non-hydrogen) atoms.